The van der Waals surface area contributed by atoms with Gasteiger partial charge < -0.3 is 15.1 Å². The molecule has 0 aliphatic carbocycles. The summed E-state index contributed by atoms with van der Waals surface area (Å²) in [4.78, 5) is 32.9. The van der Waals surface area contributed by atoms with Crippen LogP contribution in [0, 0.1) is 5.82 Å². The van der Waals surface area contributed by atoms with Crippen LogP contribution in [-0.4, -0.2) is 71.9 Å². The first-order chi connectivity index (χ1) is 16.0. The van der Waals surface area contributed by atoms with Gasteiger partial charge in [0.1, 0.15) is 5.82 Å². The van der Waals surface area contributed by atoms with Crippen LogP contribution in [0.5, 0.6) is 0 Å². The first-order valence-corrected chi connectivity index (χ1v) is 12.7. The lowest BCUT2D eigenvalue weighted by molar-refractivity contribution is -0.135. The number of benzene rings is 1. The second-order valence-electron chi connectivity index (χ2n) is 8.94. The minimum atomic E-state index is -0.261. The fourth-order valence-electron chi connectivity index (χ4n) is 4.84. The van der Waals surface area contributed by atoms with Crippen molar-refractivity contribution in [2.24, 2.45) is 0 Å². The molecule has 1 N–H and O–H groups in total. The number of carbonyl (C=O) groups is 2. The van der Waals surface area contributed by atoms with Crippen LogP contribution >= 0.6 is 11.3 Å². The Morgan fingerprint density at radius 3 is 2.82 bits per heavy atom. The Balaban J connectivity index is 1.42. The number of hydrogen-bond acceptors (Lipinski definition) is 4. The molecule has 0 radical (unpaired) electrons. The lowest BCUT2D eigenvalue weighted by Crippen LogP contribution is -2.59. The lowest BCUT2D eigenvalue weighted by Gasteiger charge is -2.41. The summed E-state index contributed by atoms with van der Waals surface area (Å²) in [5, 5.41) is 5.05. The summed E-state index contributed by atoms with van der Waals surface area (Å²) < 4.78 is 14.0. The van der Waals surface area contributed by atoms with Crippen LogP contribution in [0.3, 0.4) is 0 Å². The van der Waals surface area contributed by atoms with E-state index in [9.17, 15) is 14.0 Å². The Kier molecular flexibility index (Phi) is 7.65. The van der Waals surface area contributed by atoms with Crippen LogP contribution in [0.4, 0.5) is 9.18 Å². The smallest absolute Gasteiger partial charge is 0.317 e. The number of thiophene rings is 1. The number of amides is 3. The number of carbonyl (C=O) groups excluding carboxylic acids is 2. The first-order valence-electron chi connectivity index (χ1n) is 11.9. The maximum atomic E-state index is 14.0. The van der Waals surface area contributed by atoms with Crippen LogP contribution in [0.1, 0.15) is 48.7 Å². The van der Waals surface area contributed by atoms with E-state index in [1.807, 2.05) is 22.8 Å². The maximum Gasteiger partial charge on any atom is 0.317 e. The van der Waals surface area contributed by atoms with Gasteiger partial charge in [0.2, 0.25) is 5.91 Å². The van der Waals surface area contributed by atoms with Gasteiger partial charge in [0.25, 0.3) is 0 Å². The second kappa shape index (κ2) is 10.7. The fraction of sp³-hybridized carbons (Fsp3) is 0.520. The molecule has 3 heterocycles. The maximum absolute atomic E-state index is 14.0. The summed E-state index contributed by atoms with van der Waals surface area (Å²) in [7, 11) is 0. The standard InChI is InChI=1S/C25H33FN4O2S/c1-3-4-10-27-25(32)30-13-12-28(16-18(30)2)23(31)17-29-11-8-22-21(9-14-33-22)24(29)19-6-5-7-20(26)15-19/h5-7,9,14-15,18,24H,3-4,8,10-13,16-17H2,1-2H3,(H,27,32). The number of halogens is 1. The molecule has 2 unspecified atom stereocenters. The zero-order chi connectivity index (χ0) is 23.4. The highest BCUT2D eigenvalue weighted by Crippen LogP contribution is 2.37. The van der Waals surface area contributed by atoms with Gasteiger partial charge in [-0.3, -0.25) is 9.69 Å². The highest BCUT2D eigenvalue weighted by atomic mass is 32.1. The highest BCUT2D eigenvalue weighted by Gasteiger charge is 2.34. The molecule has 1 saturated heterocycles. The molecule has 33 heavy (non-hydrogen) atoms. The van der Waals surface area contributed by atoms with Crippen molar-refractivity contribution < 1.29 is 14.0 Å². The zero-order valence-corrected chi connectivity index (χ0v) is 20.2. The van der Waals surface area contributed by atoms with Crippen LogP contribution in [-0.2, 0) is 11.2 Å². The Morgan fingerprint density at radius 1 is 1.21 bits per heavy atom. The van der Waals surface area contributed by atoms with Crippen molar-refractivity contribution in [1.82, 2.24) is 20.0 Å². The summed E-state index contributed by atoms with van der Waals surface area (Å²) in [6, 6.07) is 8.60. The number of hydrogen-bond donors (Lipinski definition) is 1. The van der Waals surface area contributed by atoms with E-state index in [0.717, 1.165) is 31.4 Å². The summed E-state index contributed by atoms with van der Waals surface area (Å²) in [6.07, 6.45) is 2.90. The molecule has 0 saturated carbocycles. The Bertz CT molecular complexity index is 981. The molecule has 2 atom stereocenters. The highest BCUT2D eigenvalue weighted by molar-refractivity contribution is 7.10. The van der Waals surface area contributed by atoms with Crippen LogP contribution in [0.2, 0.25) is 0 Å². The van der Waals surface area contributed by atoms with Gasteiger partial charge >= 0.3 is 6.03 Å². The molecule has 2 aromatic rings. The third-order valence-electron chi connectivity index (χ3n) is 6.62. The van der Waals surface area contributed by atoms with Gasteiger partial charge in [-0.2, -0.15) is 0 Å². The van der Waals surface area contributed by atoms with E-state index in [1.165, 1.54) is 16.5 Å². The SMILES string of the molecule is CCCCNC(=O)N1CCN(C(=O)CN2CCc3sccc3C2c2cccc(F)c2)CC1C. The molecule has 3 amide bonds. The van der Waals surface area contributed by atoms with E-state index in [1.54, 1.807) is 23.5 Å². The molecule has 1 aromatic carbocycles. The van der Waals surface area contributed by atoms with Gasteiger partial charge in [0, 0.05) is 43.6 Å². The van der Waals surface area contributed by atoms with Gasteiger partial charge in [-0.25, -0.2) is 9.18 Å². The monoisotopic (exact) mass is 472 g/mol. The van der Waals surface area contributed by atoms with E-state index < -0.39 is 0 Å². The average molecular weight is 473 g/mol. The summed E-state index contributed by atoms with van der Waals surface area (Å²) in [5.41, 5.74) is 2.05. The number of unbranched alkanes of at least 4 members (excludes halogenated alkanes) is 1. The number of urea groups is 1. The number of piperazine rings is 1. The molecule has 178 valence electrons. The minimum Gasteiger partial charge on any atom is -0.338 e. The van der Waals surface area contributed by atoms with E-state index in [2.05, 4.69) is 28.6 Å². The summed E-state index contributed by atoms with van der Waals surface area (Å²) in [5.74, 6) is -0.198. The molecule has 8 heteroatoms. The normalized spacial score (nSPS) is 21.1. The van der Waals surface area contributed by atoms with Crippen LogP contribution in [0.25, 0.3) is 0 Å². The predicted octanol–water partition coefficient (Wildman–Crippen LogP) is 3.88. The third-order valence-corrected chi connectivity index (χ3v) is 7.61. The Labute approximate surface area is 199 Å². The second-order valence-corrected chi connectivity index (χ2v) is 9.95. The molecule has 4 rings (SSSR count). The molecule has 0 spiro atoms. The third kappa shape index (κ3) is 5.38. The van der Waals surface area contributed by atoms with Crippen LogP contribution < -0.4 is 5.32 Å². The summed E-state index contributed by atoms with van der Waals surface area (Å²) in [6.45, 7) is 7.41. The predicted molar refractivity (Wildman–Crippen MR) is 129 cm³/mol. The van der Waals surface area contributed by atoms with Crippen molar-refractivity contribution in [2.45, 2.75) is 45.2 Å². The summed E-state index contributed by atoms with van der Waals surface area (Å²) >= 11 is 1.73. The molecule has 6 nitrogen and oxygen atoms in total. The first kappa shape index (κ1) is 23.7. The molecule has 1 aromatic heterocycles. The Hall–Kier alpha value is -2.45. The van der Waals surface area contributed by atoms with Crippen LogP contribution in [0.15, 0.2) is 35.7 Å². The van der Waals surface area contributed by atoms with Crippen molar-refractivity contribution in [3.8, 4) is 0 Å². The van der Waals surface area contributed by atoms with Gasteiger partial charge in [0.15, 0.2) is 0 Å². The fourth-order valence-corrected chi connectivity index (χ4v) is 5.74. The topological polar surface area (TPSA) is 55.9 Å². The quantitative estimate of drug-likeness (QED) is 0.650. The van der Waals surface area contributed by atoms with E-state index in [4.69, 9.17) is 0 Å². The van der Waals surface area contributed by atoms with E-state index in [0.29, 0.717) is 26.2 Å². The van der Waals surface area contributed by atoms with Gasteiger partial charge in [0.05, 0.1) is 12.6 Å². The average Bonchev–Trinajstić information content (AvgIpc) is 3.27. The molecule has 1 fully saturated rings. The number of rotatable bonds is 6. The van der Waals surface area contributed by atoms with Gasteiger partial charge in [-0.15, -0.1) is 11.3 Å². The minimum absolute atomic E-state index is 0.0341. The van der Waals surface area contributed by atoms with E-state index >= 15 is 0 Å². The number of nitrogens with one attached hydrogen (secondary N) is 1. The largest absolute Gasteiger partial charge is 0.338 e. The van der Waals surface area contributed by atoms with Crippen molar-refractivity contribution in [1.29, 1.82) is 0 Å². The van der Waals surface area contributed by atoms with Crippen molar-refractivity contribution in [3.05, 3.63) is 57.5 Å². The molecular formula is C25H33FN4O2S. The molecular weight excluding hydrogens is 439 g/mol. The van der Waals surface area contributed by atoms with E-state index in [-0.39, 0.29) is 36.4 Å². The molecule has 2 aliphatic heterocycles. The van der Waals surface area contributed by atoms with Crippen molar-refractivity contribution in [3.63, 3.8) is 0 Å². The Morgan fingerprint density at radius 2 is 2.06 bits per heavy atom. The molecule has 2 aliphatic rings. The van der Waals surface area contributed by atoms with Gasteiger partial charge in [-0.1, -0.05) is 25.5 Å². The number of fused-ring (bicyclic) bond motifs is 1. The van der Waals surface area contributed by atoms with Crippen molar-refractivity contribution >= 4 is 23.3 Å². The van der Waals surface area contributed by atoms with Crippen molar-refractivity contribution in [2.75, 3.05) is 39.3 Å². The number of nitrogens with zero attached hydrogens (tertiary/aromatic N) is 3. The lowest BCUT2D eigenvalue weighted by atomic mass is 9.93. The molecule has 0 bridgehead atoms. The van der Waals surface area contributed by atoms with Gasteiger partial charge in [-0.05, 0) is 54.5 Å². The zero-order valence-electron chi connectivity index (χ0n) is 19.4.